The number of hydrogen-bond donors (Lipinski definition) is 1. The third-order valence-corrected chi connectivity index (χ3v) is 5.44. The predicted molar refractivity (Wildman–Crippen MR) is 101 cm³/mol. The largest absolute Gasteiger partial charge is 0.492 e. The summed E-state index contributed by atoms with van der Waals surface area (Å²) in [5.74, 6) is 0.0116. The van der Waals surface area contributed by atoms with Crippen molar-refractivity contribution in [1.82, 2.24) is 5.32 Å². The molecule has 6 heteroatoms. The van der Waals surface area contributed by atoms with Gasteiger partial charge in [0.15, 0.2) is 6.61 Å². The van der Waals surface area contributed by atoms with Crippen LogP contribution < -0.4 is 10.1 Å². The van der Waals surface area contributed by atoms with Crippen LogP contribution in [0, 0.1) is 0 Å². The monoisotopic (exact) mass is 373 g/mol. The van der Waals surface area contributed by atoms with E-state index in [9.17, 15) is 9.59 Å². The van der Waals surface area contributed by atoms with Gasteiger partial charge in [-0.1, -0.05) is 24.6 Å². The minimum Gasteiger partial charge on any atom is -0.492 e. The lowest BCUT2D eigenvalue weighted by atomic mass is 10.1. The number of thiophene rings is 1. The molecule has 26 heavy (non-hydrogen) atoms. The second-order valence-electron chi connectivity index (χ2n) is 6.21. The first kappa shape index (κ1) is 18.5. The van der Waals surface area contributed by atoms with E-state index < -0.39 is 5.97 Å². The number of nitrogens with one attached hydrogen (secondary N) is 1. The van der Waals surface area contributed by atoms with Gasteiger partial charge in [-0.15, -0.1) is 11.3 Å². The number of fused-ring (bicyclic) bond motifs is 1. The Hall–Kier alpha value is -2.34. The van der Waals surface area contributed by atoms with Crippen LogP contribution in [0.1, 0.15) is 39.4 Å². The highest BCUT2D eigenvalue weighted by atomic mass is 32.1. The molecule has 1 aliphatic carbocycles. The molecular formula is C20H23NO4S. The molecule has 3 rings (SSSR count). The zero-order valence-corrected chi connectivity index (χ0v) is 15.5. The van der Waals surface area contributed by atoms with Crippen LogP contribution in [-0.4, -0.2) is 31.6 Å². The molecule has 0 radical (unpaired) electrons. The first-order chi connectivity index (χ1) is 12.7. The number of para-hydroxylation sites is 1. The van der Waals surface area contributed by atoms with E-state index in [1.54, 1.807) is 0 Å². The molecule has 0 bridgehead atoms. The SMILES string of the molecule is O=C(COC(=O)c1cc2c(s1)CCCCC2)NCCOc1ccccc1. The Morgan fingerprint density at radius 1 is 1.08 bits per heavy atom. The molecule has 0 fully saturated rings. The van der Waals surface area contributed by atoms with Gasteiger partial charge < -0.3 is 14.8 Å². The molecule has 1 amide bonds. The molecule has 0 spiro atoms. The van der Waals surface area contributed by atoms with E-state index in [2.05, 4.69) is 5.32 Å². The van der Waals surface area contributed by atoms with Crippen molar-refractivity contribution in [2.45, 2.75) is 32.1 Å². The summed E-state index contributed by atoms with van der Waals surface area (Å²) in [6.45, 7) is 0.451. The van der Waals surface area contributed by atoms with Gasteiger partial charge in [-0.05, 0) is 49.4 Å². The number of rotatable bonds is 7. The van der Waals surface area contributed by atoms with E-state index in [4.69, 9.17) is 9.47 Å². The second kappa shape index (κ2) is 9.38. The van der Waals surface area contributed by atoms with Gasteiger partial charge in [0.2, 0.25) is 0 Å². The molecule has 138 valence electrons. The van der Waals surface area contributed by atoms with Crippen LogP contribution >= 0.6 is 11.3 Å². The van der Waals surface area contributed by atoms with Crippen LogP contribution in [0.3, 0.4) is 0 Å². The Bertz CT molecular complexity index is 718. The lowest BCUT2D eigenvalue weighted by Crippen LogP contribution is -2.32. The quantitative estimate of drug-likeness (QED) is 0.459. The van der Waals surface area contributed by atoms with Crippen molar-refractivity contribution in [2.24, 2.45) is 0 Å². The summed E-state index contributed by atoms with van der Waals surface area (Å²) >= 11 is 1.50. The van der Waals surface area contributed by atoms with Crippen molar-refractivity contribution < 1.29 is 19.1 Å². The third kappa shape index (κ3) is 5.33. The molecule has 1 aromatic carbocycles. The molecule has 1 heterocycles. The van der Waals surface area contributed by atoms with Gasteiger partial charge in [0.25, 0.3) is 5.91 Å². The van der Waals surface area contributed by atoms with Crippen molar-refractivity contribution in [3.8, 4) is 5.75 Å². The summed E-state index contributed by atoms with van der Waals surface area (Å²) in [6.07, 6.45) is 5.66. The summed E-state index contributed by atoms with van der Waals surface area (Å²) in [5.41, 5.74) is 1.27. The molecule has 0 atom stereocenters. The maximum absolute atomic E-state index is 12.2. The lowest BCUT2D eigenvalue weighted by Gasteiger charge is -2.08. The Balaban J connectivity index is 1.37. The molecule has 2 aromatic rings. The Morgan fingerprint density at radius 2 is 1.88 bits per heavy atom. The maximum atomic E-state index is 12.2. The molecule has 0 aliphatic heterocycles. The van der Waals surface area contributed by atoms with E-state index in [0.29, 0.717) is 18.0 Å². The van der Waals surface area contributed by atoms with E-state index in [-0.39, 0.29) is 12.5 Å². The Morgan fingerprint density at radius 3 is 2.73 bits per heavy atom. The number of benzene rings is 1. The molecule has 0 unspecified atom stereocenters. The maximum Gasteiger partial charge on any atom is 0.348 e. The molecular weight excluding hydrogens is 350 g/mol. The first-order valence-corrected chi connectivity index (χ1v) is 9.77. The number of esters is 1. The number of aryl methyl sites for hydroxylation is 2. The third-order valence-electron chi connectivity index (χ3n) is 4.22. The lowest BCUT2D eigenvalue weighted by molar-refractivity contribution is -0.124. The number of ether oxygens (including phenoxy) is 2. The molecule has 0 saturated carbocycles. The highest BCUT2D eigenvalue weighted by Gasteiger charge is 2.18. The summed E-state index contributed by atoms with van der Waals surface area (Å²) in [6, 6.07) is 11.3. The van der Waals surface area contributed by atoms with Crippen molar-refractivity contribution in [3.63, 3.8) is 0 Å². The molecule has 1 aliphatic rings. The van der Waals surface area contributed by atoms with E-state index in [1.165, 1.54) is 41.0 Å². The van der Waals surface area contributed by atoms with Crippen molar-refractivity contribution in [2.75, 3.05) is 19.8 Å². The average Bonchev–Trinajstić information content (AvgIpc) is 2.95. The fourth-order valence-corrected chi connectivity index (χ4v) is 4.04. The average molecular weight is 373 g/mol. The van der Waals surface area contributed by atoms with Gasteiger partial charge in [-0.25, -0.2) is 4.79 Å². The number of carbonyl (C=O) groups is 2. The second-order valence-corrected chi connectivity index (χ2v) is 7.34. The molecule has 0 saturated heterocycles. The van der Waals surface area contributed by atoms with Crippen LogP contribution in [-0.2, 0) is 22.4 Å². The molecule has 1 N–H and O–H groups in total. The zero-order valence-electron chi connectivity index (χ0n) is 14.7. The smallest absolute Gasteiger partial charge is 0.348 e. The van der Waals surface area contributed by atoms with Crippen LogP contribution in [0.4, 0.5) is 0 Å². The van der Waals surface area contributed by atoms with E-state index >= 15 is 0 Å². The zero-order chi connectivity index (χ0) is 18.2. The molecule has 1 aromatic heterocycles. The van der Waals surface area contributed by atoms with Crippen LogP contribution in [0.25, 0.3) is 0 Å². The fraction of sp³-hybridized carbons (Fsp3) is 0.400. The van der Waals surface area contributed by atoms with E-state index in [0.717, 1.165) is 18.6 Å². The number of amides is 1. The standard InChI is InChI=1S/C20H23NO4S/c22-19(21-11-12-24-16-8-4-2-5-9-16)14-25-20(23)18-13-15-7-3-1-6-10-17(15)26-18/h2,4-5,8-9,13H,1,3,6-7,10-12,14H2,(H,21,22). The minimum atomic E-state index is -0.418. The van der Waals surface area contributed by atoms with Gasteiger partial charge in [-0.2, -0.15) is 0 Å². The number of carbonyl (C=O) groups excluding carboxylic acids is 2. The highest BCUT2D eigenvalue weighted by molar-refractivity contribution is 7.14. The van der Waals surface area contributed by atoms with Gasteiger partial charge in [-0.3, -0.25) is 4.79 Å². The summed E-state index contributed by atoms with van der Waals surface area (Å²) < 4.78 is 10.6. The van der Waals surface area contributed by atoms with Crippen molar-refractivity contribution >= 4 is 23.2 Å². The first-order valence-electron chi connectivity index (χ1n) is 8.95. The van der Waals surface area contributed by atoms with Gasteiger partial charge in [0.1, 0.15) is 17.2 Å². The summed E-state index contributed by atoms with van der Waals surface area (Å²) in [7, 11) is 0. The summed E-state index contributed by atoms with van der Waals surface area (Å²) in [4.78, 5) is 25.8. The summed E-state index contributed by atoms with van der Waals surface area (Å²) in [5, 5.41) is 2.68. The Kier molecular flexibility index (Phi) is 6.66. The predicted octanol–water partition coefficient (Wildman–Crippen LogP) is 3.37. The highest BCUT2D eigenvalue weighted by Crippen LogP contribution is 2.29. The molecule has 5 nitrogen and oxygen atoms in total. The number of hydrogen-bond acceptors (Lipinski definition) is 5. The van der Waals surface area contributed by atoms with Crippen LogP contribution in [0.5, 0.6) is 5.75 Å². The van der Waals surface area contributed by atoms with Gasteiger partial charge in [0.05, 0.1) is 6.54 Å². The fourth-order valence-electron chi connectivity index (χ4n) is 2.90. The van der Waals surface area contributed by atoms with Crippen LogP contribution in [0.15, 0.2) is 36.4 Å². The normalized spacial score (nSPS) is 13.4. The van der Waals surface area contributed by atoms with E-state index in [1.807, 2.05) is 36.4 Å². The van der Waals surface area contributed by atoms with Crippen LogP contribution in [0.2, 0.25) is 0 Å². The Labute approximate surface area is 157 Å². The van der Waals surface area contributed by atoms with Gasteiger partial charge >= 0.3 is 5.97 Å². The van der Waals surface area contributed by atoms with Crippen molar-refractivity contribution in [1.29, 1.82) is 0 Å². The van der Waals surface area contributed by atoms with Gasteiger partial charge in [0, 0.05) is 4.88 Å². The minimum absolute atomic E-state index is 0.271. The topological polar surface area (TPSA) is 64.6 Å². The van der Waals surface area contributed by atoms with Crippen molar-refractivity contribution in [3.05, 3.63) is 51.7 Å².